The predicted octanol–water partition coefficient (Wildman–Crippen LogP) is 1.07. The molecule has 1 aromatic rings. The van der Waals surface area contributed by atoms with Crippen molar-refractivity contribution in [3.05, 3.63) is 35.9 Å². The minimum atomic E-state index is -0.636. The van der Waals surface area contributed by atoms with Gasteiger partial charge in [0.1, 0.15) is 0 Å². The van der Waals surface area contributed by atoms with Gasteiger partial charge in [0.15, 0.2) is 0 Å². The quantitative estimate of drug-likeness (QED) is 0.637. The molecule has 0 aromatic heterocycles. The van der Waals surface area contributed by atoms with Gasteiger partial charge in [0.05, 0.1) is 25.4 Å². The Hall–Kier alpha value is -1.43. The molecule has 2 atom stereocenters. The normalized spacial score (nSPS) is 14.0. The van der Waals surface area contributed by atoms with Crippen LogP contribution < -0.4 is 10.6 Å². The summed E-state index contributed by atoms with van der Waals surface area (Å²) in [5.74, 6) is -0.0672. The van der Waals surface area contributed by atoms with Gasteiger partial charge in [-0.25, -0.2) is 0 Å². The van der Waals surface area contributed by atoms with Crippen LogP contribution in [0, 0.1) is 0 Å². The molecule has 1 rings (SSSR count). The summed E-state index contributed by atoms with van der Waals surface area (Å²) < 4.78 is 5.45. The van der Waals surface area contributed by atoms with Gasteiger partial charge < -0.3 is 20.5 Å². The van der Waals surface area contributed by atoms with Crippen molar-refractivity contribution in [2.75, 3.05) is 13.2 Å². The Morgan fingerprint density at radius 2 is 1.90 bits per heavy atom. The number of aliphatic hydroxyl groups excluding tert-OH is 1. The number of nitrogens with one attached hydrogen (secondary N) is 2. The minimum Gasteiger partial charge on any atom is -0.389 e. The number of aliphatic hydroxyl groups is 1. The summed E-state index contributed by atoms with van der Waals surface area (Å²) in [4.78, 5) is 11.7. The molecule has 0 aliphatic rings. The Labute approximate surface area is 126 Å². The number of rotatable bonds is 9. The van der Waals surface area contributed by atoms with E-state index in [0.29, 0.717) is 13.2 Å². The van der Waals surface area contributed by atoms with Crippen molar-refractivity contribution >= 4 is 5.91 Å². The summed E-state index contributed by atoms with van der Waals surface area (Å²) in [5, 5.41) is 15.6. The standard InChI is InChI=1S/C16H26N2O3/c1-12(2)18-16(20)13(3)17-9-15(19)11-21-10-14-7-5-4-6-8-14/h4-8,12-13,15,17,19H,9-11H2,1-3H3,(H,18,20). The molecular formula is C16H26N2O3. The zero-order valence-electron chi connectivity index (χ0n) is 13.0. The van der Waals surface area contributed by atoms with Crippen molar-refractivity contribution in [2.24, 2.45) is 0 Å². The van der Waals surface area contributed by atoms with E-state index < -0.39 is 6.10 Å². The van der Waals surface area contributed by atoms with Crippen molar-refractivity contribution < 1.29 is 14.6 Å². The molecule has 2 unspecified atom stereocenters. The Morgan fingerprint density at radius 3 is 2.52 bits per heavy atom. The summed E-state index contributed by atoms with van der Waals surface area (Å²) in [6.07, 6.45) is -0.636. The molecule has 0 radical (unpaired) electrons. The molecule has 1 aromatic carbocycles. The number of ether oxygens (including phenoxy) is 1. The van der Waals surface area contributed by atoms with Gasteiger partial charge in [-0.2, -0.15) is 0 Å². The van der Waals surface area contributed by atoms with E-state index in [0.717, 1.165) is 5.56 Å². The average molecular weight is 294 g/mol. The minimum absolute atomic E-state index is 0.0672. The van der Waals surface area contributed by atoms with Gasteiger partial charge in [0.25, 0.3) is 0 Å². The van der Waals surface area contributed by atoms with Crippen LogP contribution in [0.3, 0.4) is 0 Å². The van der Waals surface area contributed by atoms with Crippen molar-refractivity contribution in [1.82, 2.24) is 10.6 Å². The maximum Gasteiger partial charge on any atom is 0.237 e. The first kappa shape index (κ1) is 17.6. The fraction of sp³-hybridized carbons (Fsp3) is 0.562. The van der Waals surface area contributed by atoms with Gasteiger partial charge in [0, 0.05) is 12.6 Å². The van der Waals surface area contributed by atoms with E-state index in [9.17, 15) is 9.90 Å². The third-order valence-corrected chi connectivity index (χ3v) is 2.91. The fourth-order valence-corrected chi connectivity index (χ4v) is 1.76. The van der Waals surface area contributed by atoms with E-state index in [1.54, 1.807) is 6.92 Å². The fourth-order valence-electron chi connectivity index (χ4n) is 1.76. The number of benzene rings is 1. The molecule has 0 spiro atoms. The largest absolute Gasteiger partial charge is 0.389 e. The Bertz CT molecular complexity index is 409. The van der Waals surface area contributed by atoms with Crippen LogP contribution in [0.1, 0.15) is 26.3 Å². The summed E-state index contributed by atoms with van der Waals surface area (Å²) >= 11 is 0. The number of hydrogen-bond acceptors (Lipinski definition) is 4. The lowest BCUT2D eigenvalue weighted by Crippen LogP contribution is -2.47. The van der Waals surface area contributed by atoms with Crippen LogP contribution in [0.2, 0.25) is 0 Å². The molecule has 3 N–H and O–H groups in total. The molecular weight excluding hydrogens is 268 g/mol. The van der Waals surface area contributed by atoms with Gasteiger partial charge >= 0.3 is 0 Å². The van der Waals surface area contributed by atoms with Crippen LogP contribution in [0.4, 0.5) is 0 Å². The molecule has 21 heavy (non-hydrogen) atoms. The topological polar surface area (TPSA) is 70.6 Å². The maximum atomic E-state index is 11.7. The van der Waals surface area contributed by atoms with Crippen LogP contribution in [-0.4, -0.2) is 42.4 Å². The van der Waals surface area contributed by atoms with Crippen LogP contribution in [0.25, 0.3) is 0 Å². The van der Waals surface area contributed by atoms with Gasteiger partial charge in [-0.05, 0) is 26.3 Å². The third-order valence-electron chi connectivity index (χ3n) is 2.91. The molecule has 0 saturated heterocycles. The zero-order chi connectivity index (χ0) is 15.7. The number of hydrogen-bond donors (Lipinski definition) is 3. The highest BCUT2D eigenvalue weighted by Crippen LogP contribution is 2.00. The van der Waals surface area contributed by atoms with Crippen molar-refractivity contribution in [1.29, 1.82) is 0 Å². The molecule has 0 heterocycles. The van der Waals surface area contributed by atoms with E-state index in [-0.39, 0.29) is 24.6 Å². The number of carbonyl (C=O) groups excluding carboxylic acids is 1. The smallest absolute Gasteiger partial charge is 0.237 e. The van der Waals surface area contributed by atoms with Crippen LogP contribution in [-0.2, 0) is 16.1 Å². The molecule has 0 bridgehead atoms. The lowest BCUT2D eigenvalue weighted by molar-refractivity contribution is -0.123. The second-order valence-electron chi connectivity index (χ2n) is 5.45. The lowest BCUT2D eigenvalue weighted by atomic mass is 10.2. The molecule has 1 amide bonds. The average Bonchev–Trinajstić information content (AvgIpc) is 2.45. The molecule has 5 nitrogen and oxygen atoms in total. The first-order chi connectivity index (χ1) is 9.99. The summed E-state index contributed by atoms with van der Waals surface area (Å²) in [7, 11) is 0. The lowest BCUT2D eigenvalue weighted by Gasteiger charge is -2.18. The number of amides is 1. The van der Waals surface area contributed by atoms with Crippen LogP contribution >= 0.6 is 0 Å². The molecule has 5 heteroatoms. The number of carbonyl (C=O) groups is 1. The maximum absolute atomic E-state index is 11.7. The highest BCUT2D eigenvalue weighted by atomic mass is 16.5. The van der Waals surface area contributed by atoms with Crippen LogP contribution in [0.15, 0.2) is 30.3 Å². The van der Waals surface area contributed by atoms with E-state index >= 15 is 0 Å². The van der Waals surface area contributed by atoms with E-state index in [1.807, 2.05) is 44.2 Å². The zero-order valence-corrected chi connectivity index (χ0v) is 13.0. The monoisotopic (exact) mass is 294 g/mol. The Kier molecular flexibility index (Phi) is 7.97. The molecule has 0 fully saturated rings. The molecule has 118 valence electrons. The Balaban J connectivity index is 2.16. The Morgan fingerprint density at radius 1 is 1.24 bits per heavy atom. The molecule has 0 aliphatic carbocycles. The highest BCUT2D eigenvalue weighted by molar-refractivity contribution is 5.81. The van der Waals surface area contributed by atoms with Gasteiger partial charge in [-0.3, -0.25) is 4.79 Å². The summed E-state index contributed by atoms with van der Waals surface area (Å²) in [5.41, 5.74) is 1.07. The molecule has 0 aliphatic heterocycles. The summed E-state index contributed by atoms with van der Waals surface area (Å²) in [6, 6.07) is 9.58. The van der Waals surface area contributed by atoms with Gasteiger partial charge in [-0.15, -0.1) is 0 Å². The highest BCUT2D eigenvalue weighted by Gasteiger charge is 2.14. The molecule has 0 saturated carbocycles. The predicted molar refractivity (Wildman–Crippen MR) is 82.8 cm³/mol. The SMILES string of the molecule is CC(C)NC(=O)C(C)NCC(O)COCc1ccccc1. The third kappa shape index (κ3) is 7.80. The first-order valence-electron chi connectivity index (χ1n) is 7.32. The van der Waals surface area contributed by atoms with E-state index in [2.05, 4.69) is 10.6 Å². The van der Waals surface area contributed by atoms with Crippen LogP contribution in [0.5, 0.6) is 0 Å². The second kappa shape index (κ2) is 9.50. The van der Waals surface area contributed by atoms with Gasteiger partial charge in [-0.1, -0.05) is 30.3 Å². The van der Waals surface area contributed by atoms with E-state index in [4.69, 9.17) is 4.74 Å². The second-order valence-corrected chi connectivity index (χ2v) is 5.45. The summed E-state index contributed by atoms with van der Waals surface area (Å²) in [6.45, 7) is 6.63. The van der Waals surface area contributed by atoms with Crippen molar-refractivity contribution in [3.63, 3.8) is 0 Å². The van der Waals surface area contributed by atoms with Crippen molar-refractivity contribution in [3.8, 4) is 0 Å². The van der Waals surface area contributed by atoms with E-state index in [1.165, 1.54) is 0 Å². The first-order valence-corrected chi connectivity index (χ1v) is 7.32. The van der Waals surface area contributed by atoms with Crippen molar-refractivity contribution in [2.45, 2.75) is 45.6 Å². The van der Waals surface area contributed by atoms with Gasteiger partial charge in [0.2, 0.25) is 5.91 Å².